The van der Waals surface area contributed by atoms with Crippen LogP contribution in [0.25, 0.3) is 22.0 Å². The summed E-state index contributed by atoms with van der Waals surface area (Å²) in [6, 6.07) is 3.36. The first kappa shape index (κ1) is 32.3. The van der Waals surface area contributed by atoms with Crippen molar-refractivity contribution >= 4 is 34.3 Å². The summed E-state index contributed by atoms with van der Waals surface area (Å²) in [5.41, 5.74) is 5.19. The second-order valence-corrected chi connectivity index (χ2v) is 10.8. The molecular weight excluding hydrogens is 650 g/mol. The van der Waals surface area contributed by atoms with E-state index in [1.165, 1.54) is 4.90 Å². The molecule has 9 nitrogen and oxygen atoms in total. The first-order chi connectivity index (χ1) is 21.6. The molecule has 1 aliphatic heterocycles. The summed E-state index contributed by atoms with van der Waals surface area (Å²) in [6.45, 7) is 2.17. The summed E-state index contributed by atoms with van der Waals surface area (Å²) >= 11 is 0.458. The third kappa shape index (κ3) is 5.73. The molecule has 5 rings (SSSR count). The summed E-state index contributed by atoms with van der Waals surface area (Å²) in [6.07, 6.45) is -9.60. The summed E-state index contributed by atoms with van der Waals surface area (Å²) < 4.78 is 127. The van der Waals surface area contributed by atoms with Gasteiger partial charge in [0.05, 0.1) is 40.1 Å². The van der Waals surface area contributed by atoms with Crippen molar-refractivity contribution in [3.63, 3.8) is 0 Å². The van der Waals surface area contributed by atoms with E-state index in [0.29, 0.717) is 18.0 Å². The molecule has 4 aromatic rings. The molecule has 1 aliphatic rings. The number of nitrogen functional groups attached to an aromatic ring is 1. The van der Waals surface area contributed by atoms with E-state index in [4.69, 9.17) is 20.9 Å². The summed E-state index contributed by atoms with van der Waals surface area (Å²) in [7, 11) is 1.10. The molecule has 0 saturated heterocycles. The van der Waals surface area contributed by atoms with Gasteiger partial charge < -0.3 is 25.8 Å². The Balaban J connectivity index is 1.85. The number of pyridine rings is 1. The minimum absolute atomic E-state index is 0.159. The normalized spacial score (nSPS) is 13.3. The molecule has 46 heavy (non-hydrogen) atoms. The fourth-order valence-electron chi connectivity index (χ4n) is 4.88. The molecule has 3 heterocycles. The number of hydrogen-bond donors (Lipinski definition) is 2. The van der Waals surface area contributed by atoms with Gasteiger partial charge in [-0.15, -0.1) is 0 Å². The second-order valence-electron chi connectivity index (χ2n) is 9.66. The quantitative estimate of drug-likeness (QED) is 0.176. The predicted molar refractivity (Wildman–Crippen MR) is 151 cm³/mol. The maximum Gasteiger partial charge on any atom is 0.420 e. The predicted octanol–water partition coefficient (Wildman–Crippen LogP) is 6.39. The van der Waals surface area contributed by atoms with Crippen molar-refractivity contribution in [2.45, 2.75) is 23.8 Å². The van der Waals surface area contributed by atoms with Gasteiger partial charge in [0.1, 0.15) is 47.0 Å². The highest BCUT2D eigenvalue weighted by Gasteiger charge is 2.44. The maximum atomic E-state index is 16.6. The molecular formula is C28H19F8N7O2S. The smallest absolute Gasteiger partial charge is 0.420 e. The highest BCUT2D eigenvalue weighted by molar-refractivity contribution is 8.03. The van der Waals surface area contributed by atoms with E-state index in [1.807, 2.05) is 0 Å². The summed E-state index contributed by atoms with van der Waals surface area (Å²) in [4.78, 5) is 12.4. The number of aromatic nitrogens is 3. The van der Waals surface area contributed by atoms with Crippen molar-refractivity contribution in [3.05, 3.63) is 69.9 Å². The van der Waals surface area contributed by atoms with E-state index in [9.17, 15) is 36.0 Å². The van der Waals surface area contributed by atoms with Crippen LogP contribution >= 0.6 is 11.8 Å². The van der Waals surface area contributed by atoms with E-state index in [0.717, 1.165) is 25.3 Å². The lowest BCUT2D eigenvalue weighted by Crippen LogP contribution is -2.28. The van der Waals surface area contributed by atoms with Crippen molar-refractivity contribution < 1.29 is 44.6 Å². The highest BCUT2D eigenvalue weighted by atomic mass is 32.2. The lowest BCUT2D eigenvalue weighted by molar-refractivity contribution is -0.139. The van der Waals surface area contributed by atoms with Gasteiger partial charge in [0.15, 0.2) is 5.82 Å². The molecule has 0 spiro atoms. The van der Waals surface area contributed by atoms with Gasteiger partial charge in [-0.05, 0) is 18.2 Å². The zero-order valence-corrected chi connectivity index (χ0v) is 24.1. The Morgan fingerprint density at radius 3 is 2.50 bits per heavy atom. The van der Waals surface area contributed by atoms with Crippen LogP contribution in [0.5, 0.6) is 11.8 Å². The monoisotopic (exact) mass is 669 g/mol. The molecule has 18 heteroatoms. The second kappa shape index (κ2) is 11.7. The molecule has 0 amide bonds. The van der Waals surface area contributed by atoms with Crippen molar-refractivity contribution in [2.75, 3.05) is 30.9 Å². The van der Waals surface area contributed by atoms with Crippen LogP contribution in [-0.2, 0) is 18.9 Å². The fraction of sp³-hybridized carbons (Fsp3) is 0.214. The number of benzene rings is 2. The van der Waals surface area contributed by atoms with Crippen molar-refractivity contribution in [1.29, 1.82) is 5.26 Å². The standard InChI is InChI=1S/C28H19F8N7O2S/c1-11(38)46-23-15(8-37)14(3-4-16(23)29)17-19(28(34,35)36)22-18-21(20(17)30)41-26(44-2)42-25(18)43(5-6-45-22)10-12-7-13(27(31,32)33)9-40-24(12)39/h3-4,7,9H,1,5-6,10,38H2,2H3,(H2,39,40). The first-order valence-corrected chi connectivity index (χ1v) is 13.6. The zero-order valence-electron chi connectivity index (χ0n) is 23.3. The Labute approximate surface area is 258 Å². The number of nitrogens with two attached hydrogens (primary N) is 2. The molecule has 2 aromatic heterocycles. The van der Waals surface area contributed by atoms with Crippen molar-refractivity contribution in [1.82, 2.24) is 15.0 Å². The summed E-state index contributed by atoms with van der Waals surface area (Å²) in [5.74, 6) is -4.23. The Morgan fingerprint density at radius 2 is 1.89 bits per heavy atom. The topological polar surface area (TPSA) is 136 Å². The van der Waals surface area contributed by atoms with Crippen LogP contribution in [-0.4, -0.2) is 35.2 Å². The highest BCUT2D eigenvalue weighted by Crippen LogP contribution is 2.52. The van der Waals surface area contributed by atoms with Gasteiger partial charge in [-0.1, -0.05) is 18.3 Å². The van der Waals surface area contributed by atoms with E-state index in [-0.39, 0.29) is 28.8 Å². The number of ether oxygens (including phenoxy) is 2. The fourth-order valence-corrected chi connectivity index (χ4v) is 5.57. The number of rotatable bonds is 6. The number of halogens is 8. The first-order valence-electron chi connectivity index (χ1n) is 12.8. The van der Waals surface area contributed by atoms with Gasteiger partial charge in [0.2, 0.25) is 0 Å². The van der Waals surface area contributed by atoms with Gasteiger partial charge in [0.25, 0.3) is 0 Å². The molecule has 0 atom stereocenters. The van der Waals surface area contributed by atoms with E-state index < -0.39 is 92.5 Å². The number of hydrogen-bond acceptors (Lipinski definition) is 10. The molecule has 0 unspecified atom stereocenters. The molecule has 2 aromatic carbocycles. The lowest BCUT2D eigenvalue weighted by atomic mass is 9.92. The molecule has 0 aliphatic carbocycles. The van der Waals surface area contributed by atoms with E-state index in [1.54, 1.807) is 6.07 Å². The number of methoxy groups -OCH3 is 1. The molecule has 0 fully saturated rings. The SMILES string of the molecule is C=C(N)Sc1c(F)ccc(-c2c(C(F)(F)F)c3c4c(nc(OC)nc4c2F)N(Cc2cc(C(F)(F)F)cnc2N)CCO3)c1C#N. The van der Waals surface area contributed by atoms with Gasteiger partial charge >= 0.3 is 18.4 Å². The molecule has 0 radical (unpaired) electrons. The Kier molecular flexibility index (Phi) is 8.23. The minimum atomic E-state index is -5.34. The third-order valence-corrected chi connectivity index (χ3v) is 7.65. The van der Waals surface area contributed by atoms with Crippen LogP contribution in [0.1, 0.15) is 22.3 Å². The minimum Gasteiger partial charge on any atom is -0.490 e. The third-order valence-electron chi connectivity index (χ3n) is 6.79. The van der Waals surface area contributed by atoms with Gasteiger partial charge in [-0.25, -0.2) is 13.8 Å². The van der Waals surface area contributed by atoms with Crippen molar-refractivity contribution in [2.24, 2.45) is 5.73 Å². The molecule has 0 saturated carbocycles. The molecule has 4 N–H and O–H groups in total. The number of nitrogens with zero attached hydrogens (tertiary/aromatic N) is 5. The average molecular weight is 670 g/mol. The number of thioether (sulfide) groups is 1. The van der Waals surface area contributed by atoms with Crippen LogP contribution < -0.4 is 25.8 Å². The average Bonchev–Trinajstić information content (AvgIpc) is 3.14. The Bertz CT molecular complexity index is 1940. The van der Waals surface area contributed by atoms with Crippen LogP contribution in [0.2, 0.25) is 0 Å². The molecule has 240 valence electrons. The van der Waals surface area contributed by atoms with Crippen LogP contribution in [0, 0.1) is 23.0 Å². The van der Waals surface area contributed by atoms with E-state index in [2.05, 4.69) is 21.5 Å². The zero-order chi connectivity index (χ0) is 33.7. The van der Waals surface area contributed by atoms with Gasteiger partial charge in [-0.3, -0.25) is 0 Å². The number of nitriles is 1. The number of anilines is 2. The summed E-state index contributed by atoms with van der Waals surface area (Å²) in [5, 5.41) is 9.11. The van der Waals surface area contributed by atoms with Crippen LogP contribution in [0.4, 0.5) is 46.8 Å². The Hall–Kier alpha value is -5.05. The molecule has 0 bridgehead atoms. The van der Waals surface area contributed by atoms with Gasteiger partial charge in [-0.2, -0.15) is 41.6 Å². The maximum absolute atomic E-state index is 16.6. The van der Waals surface area contributed by atoms with E-state index >= 15 is 4.39 Å². The largest absolute Gasteiger partial charge is 0.490 e. The lowest BCUT2D eigenvalue weighted by Gasteiger charge is -2.24. The number of alkyl halides is 6. The van der Waals surface area contributed by atoms with Crippen molar-refractivity contribution in [3.8, 4) is 29.0 Å². The van der Waals surface area contributed by atoms with Crippen LogP contribution in [0.15, 0.2) is 40.9 Å². The Morgan fingerprint density at radius 1 is 1.17 bits per heavy atom. The van der Waals surface area contributed by atoms with Gasteiger partial charge in [0, 0.05) is 29.4 Å². The van der Waals surface area contributed by atoms with Crippen LogP contribution in [0.3, 0.4) is 0 Å².